The van der Waals surface area contributed by atoms with Gasteiger partial charge >= 0.3 is 0 Å². The molecule has 0 amide bonds. The highest BCUT2D eigenvalue weighted by Crippen LogP contribution is 2.21. The second-order valence-electron chi connectivity index (χ2n) is 4.06. The van der Waals surface area contributed by atoms with E-state index in [1.807, 2.05) is 6.92 Å². The predicted octanol–water partition coefficient (Wildman–Crippen LogP) is -0.723. The Labute approximate surface area is 85.0 Å². The lowest BCUT2D eigenvalue weighted by Gasteiger charge is -2.32. The molecule has 0 radical (unpaired) electrons. The van der Waals surface area contributed by atoms with E-state index in [0.29, 0.717) is 6.54 Å². The molecule has 1 aliphatic carbocycles. The summed E-state index contributed by atoms with van der Waals surface area (Å²) in [5, 5.41) is 3.17. The molecule has 1 saturated carbocycles. The summed E-state index contributed by atoms with van der Waals surface area (Å²) in [6.07, 6.45) is 1.97. The van der Waals surface area contributed by atoms with Crippen LogP contribution < -0.4 is 10.0 Å². The van der Waals surface area contributed by atoms with Crippen molar-refractivity contribution in [1.82, 2.24) is 14.3 Å². The molecular weight excluding hydrogens is 202 g/mol. The summed E-state index contributed by atoms with van der Waals surface area (Å²) in [6, 6.07) is 0.252. The molecule has 1 heterocycles. The number of piperazine rings is 1. The molecule has 14 heavy (non-hydrogen) atoms. The predicted molar refractivity (Wildman–Crippen MR) is 54.1 cm³/mol. The maximum Gasteiger partial charge on any atom is 0.280 e. The molecule has 0 spiro atoms. The number of rotatable bonds is 3. The van der Waals surface area contributed by atoms with Crippen LogP contribution in [0.25, 0.3) is 0 Å². The summed E-state index contributed by atoms with van der Waals surface area (Å²) in [4.78, 5) is 0. The average molecular weight is 219 g/mol. The average Bonchev–Trinajstić information content (AvgIpc) is 2.88. The maximum absolute atomic E-state index is 11.8. The van der Waals surface area contributed by atoms with Gasteiger partial charge in [-0.05, 0) is 19.8 Å². The fourth-order valence-electron chi connectivity index (χ4n) is 1.66. The smallest absolute Gasteiger partial charge is 0.280 e. The quantitative estimate of drug-likeness (QED) is 0.658. The number of hydrogen-bond donors (Lipinski definition) is 2. The molecule has 1 atom stereocenters. The van der Waals surface area contributed by atoms with Crippen molar-refractivity contribution in [1.29, 1.82) is 0 Å². The lowest BCUT2D eigenvalue weighted by atomic mass is 10.3. The second-order valence-corrected chi connectivity index (χ2v) is 5.72. The first-order valence-corrected chi connectivity index (χ1v) is 6.53. The Balaban J connectivity index is 2.02. The summed E-state index contributed by atoms with van der Waals surface area (Å²) in [5.74, 6) is 0. The van der Waals surface area contributed by atoms with Crippen molar-refractivity contribution < 1.29 is 8.42 Å². The van der Waals surface area contributed by atoms with Gasteiger partial charge in [0.05, 0.1) is 0 Å². The van der Waals surface area contributed by atoms with Crippen LogP contribution in [0.2, 0.25) is 0 Å². The third-order valence-electron chi connectivity index (χ3n) is 2.64. The number of hydrogen-bond acceptors (Lipinski definition) is 3. The Morgan fingerprint density at radius 2 is 2.14 bits per heavy atom. The van der Waals surface area contributed by atoms with Crippen LogP contribution in [-0.4, -0.2) is 44.4 Å². The van der Waals surface area contributed by atoms with Gasteiger partial charge in [0.2, 0.25) is 0 Å². The summed E-state index contributed by atoms with van der Waals surface area (Å²) in [7, 11) is -3.23. The minimum Gasteiger partial charge on any atom is -0.314 e. The topological polar surface area (TPSA) is 61.4 Å². The van der Waals surface area contributed by atoms with Crippen molar-refractivity contribution in [3.05, 3.63) is 0 Å². The van der Waals surface area contributed by atoms with Crippen molar-refractivity contribution in [2.45, 2.75) is 31.8 Å². The molecule has 1 saturated heterocycles. The lowest BCUT2D eigenvalue weighted by Crippen LogP contribution is -2.55. The molecule has 0 aromatic rings. The first-order valence-electron chi connectivity index (χ1n) is 5.09. The highest BCUT2D eigenvalue weighted by atomic mass is 32.2. The summed E-state index contributed by atoms with van der Waals surface area (Å²) >= 11 is 0. The van der Waals surface area contributed by atoms with E-state index in [1.54, 1.807) is 4.31 Å². The Morgan fingerprint density at radius 1 is 1.43 bits per heavy atom. The van der Waals surface area contributed by atoms with E-state index in [2.05, 4.69) is 10.0 Å². The molecule has 0 aromatic carbocycles. The Morgan fingerprint density at radius 3 is 2.71 bits per heavy atom. The standard InChI is InChI=1S/C8H17N3O2S/c1-7-6-9-4-5-11(7)14(12,13)10-8-2-3-8/h7-10H,2-6H2,1H3. The van der Waals surface area contributed by atoms with Crippen molar-refractivity contribution >= 4 is 10.2 Å². The van der Waals surface area contributed by atoms with Crippen LogP contribution in [0, 0.1) is 0 Å². The van der Waals surface area contributed by atoms with Gasteiger partial charge in [-0.15, -0.1) is 0 Å². The Kier molecular flexibility index (Phi) is 2.79. The van der Waals surface area contributed by atoms with Gasteiger partial charge in [0.1, 0.15) is 0 Å². The molecule has 0 aromatic heterocycles. The van der Waals surface area contributed by atoms with Gasteiger partial charge in [-0.3, -0.25) is 0 Å². The normalized spacial score (nSPS) is 30.5. The van der Waals surface area contributed by atoms with Crippen LogP contribution in [0.3, 0.4) is 0 Å². The van der Waals surface area contributed by atoms with Gasteiger partial charge in [-0.2, -0.15) is 17.4 Å². The van der Waals surface area contributed by atoms with E-state index < -0.39 is 10.2 Å². The zero-order valence-corrected chi connectivity index (χ0v) is 9.18. The molecule has 82 valence electrons. The van der Waals surface area contributed by atoms with E-state index in [1.165, 1.54) is 0 Å². The molecule has 1 unspecified atom stereocenters. The van der Waals surface area contributed by atoms with E-state index in [4.69, 9.17) is 0 Å². The number of nitrogens with zero attached hydrogens (tertiary/aromatic N) is 1. The largest absolute Gasteiger partial charge is 0.314 e. The first kappa shape index (κ1) is 10.4. The van der Waals surface area contributed by atoms with Crippen LogP contribution in [-0.2, 0) is 10.2 Å². The van der Waals surface area contributed by atoms with E-state index >= 15 is 0 Å². The van der Waals surface area contributed by atoms with Crippen LogP contribution >= 0.6 is 0 Å². The maximum atomic E-state index is 11.8. The molecule has 1 aliphatic heterocycles. The van der Waals surface area contributed by atoms with Crippen molar-refractivity contribution in [3.8, 4) is 0 Å². The fraction of sp³-hybridized carbons (Fsp3) is 1.00. The van der Waals surface area contributed by atoms with Gasteiger partial charge in [0.25, 0.3) is 10.2 Å². The molecule has 0 bridgehead atoms. The van der Waals surface area contributed by atoms with Crippen LogP contribution in [0.1, 0.15) is 19.8 Å². The summed E-state index contributed by atoms with van der Waals surface area (Å²) in [6.45, 7) is 3.99. The molecule has 2 N–H and O–H groups in total. The molecular formula is C8H17N3O2S. The van der Waals surface area contributed by atoms with E-state index in [9.17, 15) is 8.42 Å². The zero-order valence-electron chi connectivity index (χ0n) is 8.36. The zero-order chi connectivity index (χ0) is 10.2. The third kappa shape index (κ3) is 2.25. The van der Waals surface area contributed by atoms with Gasteiger partial charge < -0.3 is 5.32 Å². The highest BCUT2D eigenvalue weighted by molar-refractivity contribution is 7.87. The van der Waals surface area contributed by atoms with Crippen LogP contribution in [0.4, 0.5) is 0 Å². The van der Waals surface area contributed by atoms with Gasteiger partial charge in [0, 0.05) is 31.7 Å². The third-order valence-corrected chi connectivity index (χ3v) is 4.43. The first-order chi connectivity index (χ1) is 6.59. The molecule has 2 rings (SSSR count). The van der Waals surface area contributed by atoms with Gasteiger partial charge in [0.15, 0.2) is 0 Å². The van der Waals surface area contributed by atoms with Crippen molar-refractivity contribution in [2.24, 2.45) is 0 Å². The van der Waals surface area contributed by atoms with Crippen molar-refractivity contribution in [3.63, 3.8) is 0 Å². The summed E-state index contributed by atoms with van der Waals surface area (Å²) < 4.78 is 27.9. The Bertz CT molecular complexity index is 300. The van der Waals surface area contributed by atoms with Crippen LogP contribution in [0.15, 0.2) is 0 Å². The van der Waals surface area contributed by atoms with E-state index in [0.717, 1.165) is 25.9 Å². The minimum atomic E-state index is -3.23. The monoisotopic (exact) mass is 219 g/mol. The minimum absolute atomic E-state index is 0.0556. The fourth-order valence-corrected chi connectivity index (χ4v) is 3.33. The molecule has 2 aliphatic rings. The van der Waals surface area contributed by atoms with E-state index in [-0.39, 0.29) is 12.1 Å². The molecule has 6 heteroatoms. The van der Waals surface area contributed by atoms with Gasteiger partial charge in [-0.25, -0.2) is 0 Å². The Hall–Kier alpha value is -0.170. The molecule has 2 fully saturated rings. The lowest BCUT2D eigenvalue weighted by molar-refractivity contribution is 0.280. The highest BCUT2D eigenvalue weighted by Gasteiger charge is 2.34. The van der Waals surface area contributed by atoms with Crippen LogP contribution in [0.5, 0.6) is 0 Å². The second kappa shape index (κ2) is 3.77. The van der Waals surface area contributed by atoms with Gasteiger partial charge in [-0.1, -0.05) is 0 Å². The van der Waals surface area contributed by atoms with Crippen molar-refractivity contribution in [2.75, 3.05) is 19.6 Å². The molecule has 5 nitrogen and oxygen atoms in total. The summed E-state index contributed by atoms with van der Waals surface area (Å²) in [5.41, 5.74) is 0. The SMILES string of the molecule is CC1CNCCN1S(=O)(=O)NC1CC1. The number of nitrogens with one attached hydrogen (secondary N) is 2.